The summed E-state index contributed by atoms with van der Waals surface area (Å²) >= 11 is 0. The van der Waals surface area contributed by atoms with Crippen molar-refractivity contribution in [3.05, 3.63) is 12.2 Å². The van der Waals surface area contributed by atoms with Crippen molar-refractivity contribution in [1.82, 2.24) is 5.32 Å². The van der Waals surface area contributed by atoms with Crippen molar-refractivity contribution in [3.63, 3.8) is 0 Å². The molecule has 4 heteroatoms. The molecule has 1 heterocycles. The number of carbonyl (C=O) groups is 1. The fourth-order valence-electron chi connectivity index (χ4n) is 5.06. The third kappa shape index (κ3) is 14.7. The first-order valence-electron chi connectivity index (χ1n) is 14.4. The summed E-state index contributed by atoms with van der Waals surface area (Å²) in [4.78, 5) is 16.0. The van der Waals surface area contributed by atoms with Crippen molar-refractivity contribution in [2.24, 2.45) is 4.99 Å². The molecule has 0 saturated carbocycles. The number of carbonyl (C=O) groups excluding carboxylic acids is 1. The van der Waals surface area contributed by atoms with Gasteiger partial charge in [-0.3, -0.25) is 9.28 Å². The Kier molecular flexibility index (Phi) is 18.3. The van der Waals surface area contributed by atoms with Gasteiger partial charge in [-0.2, -0.15) is 0 Å². The van der Waals surface area contributed by atoms with Crippen LogP contribution in [0.15, 0.2) is 17.1 Å². The molecule has 1 N–H and O–H groups in total. The molecule has 0 radical (unpaired) electrons. The summed E-state index contributed by atoms with van der Waals surface area (Å²) in [7, 11) is 0. The summed E-state index contributed by atoms with van der Waals surface area (Å²) in [6.07, 6.45) is 30.4. The average molecular weight is 463 g/mol. The molecular formula is C29H56N3O+. The summed E-state index contributed by atoms with van der Waals surface area (Å²) in [5, 5.41) is 2.97. The minimum absolute atomic E-state index is 0.0706. The van der Waals surface area contributed by atoms with E-state index in [0.717, 1.165) is 30.7 Å². The van der Waals surface area contributed by atoms with E-state index < -0.39 is 0 Å². The van der Waals surface area contributed by atoms with Gasteiger partial charge < -0.3 is 5.32 Å². The molecular weight excluding hydrogens is 406 g/mol. The minimum Gasteiger partial charge on any atom is -0.351 e. The zero-order chi connectivity index (χ0) is 24.0. The molecule has 1 aliphatic heterocycles. The quantitative estimate of drug-likeness (QED) is 0.101. The monoisotopic (exact) mass is 462 g/mol. The first kappa shape index (κ1) is 29.9. The number of amides is 1. The summed E-state index contributed by atoms with van der Waals surface area (Å²) in [6.45, 7) is 10.0. The van der Waals surface area contributed by atoms with E-state index in [0.29, 0.717) is 6.17 Å². The van der Waals surface area contributed by atoms with E-state index >= 15 is 0 Å². The molecule has 2 unspecified atom stereocenters. The Morgan fingerprint density at radius 1 is 0.879 bits per heavy atom. The molecule has 33 heavy (non-hydrogen) atoms. The van der Waals surface area contributed by atoms with Crippen LogP contribution in [0.3, 0.4) is 0 Å². The summed E-state index contributed by atoms with van der Waals surface area (Å²) < 4.78 is 1.02. The number of nitrogens with one attached hydrogen (secondary N) is 1. The van der Waals surface area contributed by atoms with Crippen LogP contribution < -0.4 is 5.32 Å². The number of hydrogen-bond donors (Lipinski definition) is 1. The fourth-order valence-corrected chi connectivity index (χ4v) is 5.06. The van der Waals surface area contributed by atoms with E-state index in [-0.39, 0.29) is 5.91 Å². The largest absolute Gasteiger partial charge is 0.351 e. The van der Waals surface area contributed by atoms with Gasteiger partial charge in [-0.25, -0.2) is 4.99 Å². The van der Waals surface area contributed by atoms with Crippen molar-refractivity contribution >= 4 is 12.1 Å². The molecule has 0 aliphatic carbocycles. The van der Waals surface area contributed by atoms with Gasteiger partial charge in [0.1, 0.15) is 6.54 Å². The van der Waals surface area contributed by atoms with Gasteiger partial charge in [-0.1, -0.05) is 89.7 Å². The van der Waals surface area contributed by atoms with Crippen LogP contribution in [0.25, 0.3) is 0 Å². The zero-order valence-electron chi connectivity index (χ0n) is 22.5. The van der Waals surface area contributed by atoms with E-state index in [9.17, 15) is 4.79 Å². The van der Waals surface area contributed by atoms with Crippen LogP contribution >= 0.6 is 0 Å². The second kappa shape index (κ2) is 20.2. The molecule has 1 aliphatic rings. The van der Waals surface area contributed by atoms with Gasteiger partial charge in [0, 0.05) is 13.3 Å². The molecule has 0 bridgehead atoms. The van der Waals surface area contributed by atoms with Crippen LogP contribution in [-0.2, 0) is 4.79 Å². The van der Waals surface area contributed by atoms with Crippen molar-refractivity contribution in [3.8, 4) is 0 Å². The van der Waals surface area contributed by atoms with Gasteiger partial charge in [0.15, 0.2) is 6.17 Å². The lowest BCUT2D eigenvalue weighted by molar-refractivity contribution is -0.935. The maximum atomic E-state index is 11.2. The van der Waals surface area contributed by atoms with Gasteiger partial charge in [-0.15, -0.1) is 0 Å². The summed E-state index contributed by atoms with van der Waals surface area (Å²) in [5.74, 6) is 0.0706. The van der Waals surface area contributed by atoms with Crippen molar-refractivity contribution < 1.29 is 9.28 Å². The molecule has 4 nitrogen and oxygen atoms in total. The Morgan fingerprint density at radius 2 is 1.42 bits per heavy atom. The number of likely N-dealkylation sites (N-methyl/N-ethyl adjacent to an activating group) is 1. The number of quaternary nitrogens is 1. The minimum atomic E-state index is 0.0706. The number of allylic oxidation sites excluding steroid dienone is 2. The third-order valence-electron chi connectivity index (χ3n) is 7.39. The van der Waals surface area contributed by atoms with Gasteiger partial charge in [-0.05, 0) is 39.0 Å². The molecule has 1 amide bonds. The zero-order valence-corrected chi connectivity index (χ0v) is 22.5. The highest BCUT2D eigenvalue weighted by atomic mass is 16.1. The molecule has 0 fully saturated rings. The Labute approximate surface area is 206 Å². The lowest BCUT2D eigenvalue weighted by Gasteiger charge is -2.38. The smallest absolute Gasteiger partial charge is 0.217 e. The summed E-state index contributed by atoms with van der Waals surface area (Å²) in [5.41, 5.74) is 0. The maximum absolute atomic E-state index is 11.2. The number of rotatable bonds is 22. The Balaban J connectivity index is 1.93. The third-order valence-corrected chi connectivity index (χ3v) is 7.39. The normalized spacial score (nSPS) is 20.2. The lowest BCUT2D eigenvalue weighted by atomic mass is 10.0. The molecule has 0 aromatic rings. The molecule has 0 spiro atoms. The van der Waals surface area contributed by atoms with Crippen molar-refractivity contribution in [2.45, 2.75) is 136 Å². The SMILES string of the molecule is CCCCCCC/C=C/CCCCCCCCCCCC1N=CC[N+]1(CC)CCNC(C)=O. The van der Waals surface area contributed by atoms with Gasteiger partial charge in [0.05, 0.1) is 25.8 Å². The van der Waals surface area contributed by atoms with E-state index in [1.54, 1.807) is 6.92 Å². The predicted octanol–water partition coefficient (Wildman–Crippen LogP) is 7.58. The highest BCUT2D eigenvalue weighted by Gasteiger charge is 2.37. The average Bonchev–Trinajstić information content (AvgIpc) is 3.21. The number of nitrogens with zero attached hydrogens (tertiary/aromatic N) is 2. The van der Waals surface area contributed by atoms with E-state index in [4.69, 9.17) is 4.99 Å². The van der Waals surface area contributed by atoms with Crippen LogP contribution in [0.1, 0.15) is 130 Å². The number of aliphatic imine (C=N–C) groups is 1. The maximum Gasteiger partial charge on any atom is 0.217 e. The van der Waals surface area contributed by atoms with Gasteiger partial charge in [0.2, 0.25) is 5.91 Å². The Morgan fingerprint density at radius 3 is 1.97 bits per heavy atom. The lowest BCUT2D eigenvalue weighted by Crippen LogP contribution is -2.55. The van der Waals surface area contributed by atoms with Crippen molar-refractivity contribution in [1.29, 1.82) is 0 Å². The van der Waals surface area contributed by atoms with Crippen LogP contribution in [0.2, 0.25) is 0 Å². The first-order valence-corrected chi connectivity index (χ1v) is 14.4. The Bertz CT molecular complexity index is 531. The van der Waals surface area contributed by atoms with Crippen molar-refractivity contribution in [2.75, 3.05) is 26.2 Å². The second-order valence-electron chi connectivity index (χ2n) is 10.2. The number of hydrogen-bond acceptors (Lipinski definition) is 2. The van der Waals surface area contributed by atoms with E-state index in [2.05, 4.69) is 37.5 Å². The highest BCUT2D eigenvalue weighted by molar-refractivity contribution is 5.72. The van der Waals surface area contributed by atoms with Crippen LogP contribution in [0.4, 0.5) is 0 Å². The predicted molar refractivity (Wildman–Crippen MR) is 145 cm³/mol. The standard InChI is InChI=1S/C29H55N3O/c1-4-6-7-8-9-10-11-12-13-14-15-16-17-18-19-20-21-22-23-29-31-25-27-32(29,5-2)26-24-30-28(3)33/h11-12,25,29H,4-10,13-24,26-27H2,1-3H3/p+1/b12-11+. The van der Waals surface area contributed by atoms with E-state index in [1.165, 1.54) is 109 Å². The molecule has 0 saturated heterocycles. The molecule has 2 atom stereocenters. The van der Waals surface area contributed by atoms with Gasteiger partial charge >= 0.3 is 0 Å². The summed E-state index contributed by atoms with van der Waals surface area (Å²) in [6, 6.07) is 0. The van der Waals surface area contributed by atoms with Gasteiger partial charge in [0.25, 0.3) is 0 Å². The van der Waals surface area contributed by atoms with E-state index in [1.807, 2.05) is 0 Å². The number of unbranched alkanes of at least 4 members (excludes halogenated alkanes) is 14. The van der Waals surface area contributed by atoms with Crippen LogP contribution in [-0.4, -0.2) is 48.9 Å². The Hall–Kier alpha value is -1.16. The highest BCUT2D eigenvalue weighted by Crippen LogP contribution is 2.24. The van der Waals surface area contributed by atoms with Crippen LogP contribution in [0, 0.1) is 0 Å². The second-order valence-corrected chi connectivity index (χ2v) is 10.2. The topological polar surface area (TPSA) is 41.5 Å². The van der Waals surface area contributed by atoms with Crippen LogP contribution in [0.5, 0.6) is 0 Å². The fraction of sp³-hybridized carbons (Fsp3) is 0.862. The molecule has 0 aromatic heterocycles. The molecule has 192 valence electrons. The molecule has 0 aromatic carbocycles. The first-order chi connectivity index (χ1) is 16.1. The molecule has 1 rings (SSSR count).